The molecule has 23 heavy (non-hydrogen) atoms. The fourth-order valence-electron chi connectivity index (χ4n) is 2.41. The topological polar surface area (TPSA) is 52.6 Å². The first kappa shape index (κ1) is 22.1. The van der Waals surface area contributed by atoms with Gasteiger partial charge in [-0.25, -0.2) is 4.79 Å². The van der Waals surface area contributed by atoms with Crippen LogP contribution in [-0.2, 0) is 18.8 Å². The van der Waals surface area contributed by atoms with Gasteiger partial charge in [0.05, 0.1) is 6.10 Å². The third kappa shape index (κ3) is 8.46. The van der Waals surface area contributed by atoms with Gasteiger partial charge in [0.15, 0.2) is 8.32 Å². The summed E-state index contributed by atoms with van der Waals surface area (Å²) >= 11 is 0. The average Bonchev–Trinajstić information content (AvgIpc) is 2.48. The average molecular weight is 343 g/mol. The molecule has 0 fully saturated rings. The van der Waals surface area contributed by atoms with E-state index in [0.717, 1.165) is 24.4 Å². The van der Waals surface area contributed by atoms with Crippen LogP contribution in [0.1, 0.15) is 54.9 Å². The van der Waals surface area contributed by atoms with Gasteiger partial charge in [0.25, 0.3) is 0 Å². The molecule has 0 N–H and O–H groups in total. The highest BCUT2D eigenvalue weighted by Gasteiger charge is 2.33. The van der Waals surface area contributed by atoms with Crippen molar-refractivity contribution in [1.82, 2.24) is 0 Å². The van der Waals surface area contributed by atoms with Gasteiger partial charge in [-0.05, 0) is 45.3 Å². The van der Waals surface area contributed by atoms with Crippen LogP contribution in [0.25, 0.3) is 0 Å². The molecule has 2 atom stereocenters. The Kier molecular flexibility index (Phi) is 9.62. The molecule has 0 saturated carbocycles. The van der Waals surface area contributed by atoms with Crippen LogP contribution in [0.5, 0.6) is 0 Å². The molecule has 134 valence electrons. The zero-order valence-electron chi connectivity index (χ0n) is 15.8. The summed E-state index contributed by atoms with van der Waals surface area (Å²) in [6.45, 7) is 13.9. The van der Waals surface area contributed by atoms with E-state index in [1.807, 2.05) is 27.7 Å². The fourth-order valence-corrected chi connectivity index (χ4v) is 5.37. The Labute approximate surface area is 142 Å². The molecule has 0 aromatic rings. The van der Waals surface area contributed by atoms with Crippen molar-refractivity contribution in [2.24, 2.45) is 5.92 Å². The van der Waals surface area contributed by atoms with E-state index >= 15 is 0 Å². The summed E-state index contributed by atoms with van der Waals surface area (Å²) in [7, 11) is -1.78. The van der Waals surface area contributed by atoms with Gasteiger partial charge in [0, 0.05) is 12.0 Å². The van der Waals surface area contributed by atoms with Crippen molar-refractivity contribution in [1.29, 1.82) is 0 Å². The van der Waals surface area contributed by atoms with E-state index in [1.165, 1.54) is 6.08 Å². The second kappa shape index (κ2) is 10.0. The van der Waals surface area contributed by atoms with Crippen molar-refractivity contribution in [3.8, 4) is 0 Å². The monoisotopic (exact) mass is 342 g/mol. The number of carbonyl (C=O) groups excluding carboxylic acids is 2. The maximum atomic E-state index is 11.7. The molecule has 0 heterocycles. The van der Waals surface area contributed by atoms with E-state index in [1.54, 1.807) is 6.08 Å². The maximum Gasteiger partial charge on any atom is 0.330 e. The first-order valence-electron chi connectivity index (χ1n) is 8.65. The van der Waals surface area contributed by atoms with E-state index in [4.69, 9.17) is 9.16 Å². The maximum absolute atomic E-state index is 11.7. The lowest BCUT2D eigenvalue weighted by molar-refractivity contribution is -0.148. The molecule has 0 aliphatic carbocycles. The highest BCUT2D eigenvalue weighted by molar-refractivity contribution is 6.73. The lowest BCUT2D eigenvalue weighted by Crippen LogP contribution is -2.42. The van der Waals surface area contributed by atoms with E-state index in [9.17, 15) is 9.59 Å². The molecule has 0 radical (unpaired) electrons. The van der Waals surface area contributed by atoms with Crippen LogP contribution in [-0.4, -0.2) is 32.3 Å². The van der Waals surface area contributed by atoms with Gasteiger partial charge < -0.3 is 14.0 Å². The summed E-state index contributed by atoms with van der Waals surface area (Å²) in [5.41, 5.74) is -0.498. The van der Waals surface area contributed by atoms with Crippen LogP contribution < -0.4 is 0 Å². The summed E-state index contributed by atoms with van der Waals surface area (Å²) in [4.78, 5) is 22.9. The standard InChI is InChI=1S/C18H34O4Si/c1-8-23(9-2,10-3)22-16(15(4)14-19)12-11-13-17(20)21-18(5,6)7/h11,13-16H,8-10,12H2,1-7H3/b13-11+/t15-,16+/m1/s1. The Morgan fingerprint density at radius 1 is 1.13 bits per heavy atom. The van der Waals surface area contributed by atoms with Gasteiger partial charge in [-0.3, -0.25) is 0 Å². The van der Waals surface area contributed by atoms with Crippen LogP contribution in [0.2, 0.25) is 18.1 Å². The van der Waals surface area contributed by atoms with Gasteiger partial charge in [-0.15, -0.1) is 0 Å². The molecule has 0 bridgehead atoms. The number of hydrogen-bond donors (Lipinski definition) is 0. The number of ether oxygens (including phenoxy) is 1. The second-order valence-electron chi connectivity index (χ2n) is 7.07. The molecule has 0 rings (SSSR count). The van der Waals surface area contributed by atoms with E-state index in [-0.39, 0.29) is 18.0 Å². The SMILES string of the molecule is CC[Si](CC)(CC)O[C@@H](C/C=C/C(=O)OC(C)(C)C)[C@H](C)C=O. The Morgan fingerprint density at radius 3 is 2.04 bits per heavy atom. The van der Waals surface area contributed by atoms with Crippen molar-refractivity contribution in [3.63, 3.8) is 0 Å². The van der Waals surface area contributed by atoms with Crippen LogP contribution in [0.4, 0.5) is 0 Å². The minimum Gasteiger partial charge on any atom is -0.457 e. The highest BCUT2D eigenvalue weighted by Crippen LogP contribution is 2.26. The quantitative estimate of drug-likeness (QED) is 0.254. The van der Waals surface area contributed by atoms with Crippen molar-refractivity contribution >= 4 is 20.6 Å². The molecule has 0 amide bonds. The Hall–Kier alpha value is -0.943. The minimum absolute atomic E-state index is 0.169. The Balaban J connectivity index is 4.88. The summed E-state index contributed by atoms with van der Waals surface area (Å²) in [5.74, 6) is -0.546. The predicted molar refractivity (Wildman–Crippen MR) is 96.9 cm³/mol. The van der Waals surface area contributed by atoms with Gasteiger partial charge in [0.2, 0.25) is 0 Å². The summed E-state index contributed by atoms with van der Waals surface area (Å²) in [6.07, 6.45) is 4.52. The minimum atomic E-state index is -1.78. The Bertz CT molecular complexity index is 386. The fraction of sp³-hybridized carbons (Fsp3) is 0.778. The molecule has 0 spiro atoms. The van der Waals surface area contributed by atoms with Gasteiger partial charge in [-0.1, -0.05) is 33.8 Å². The molecule has 4 nitrogen and oxygen atoms in total. The molecule has 0 saturated heterocycles. The predicted octanol–water partition coefficient (Wildman–Crippen LogP) is 4.50. The van der Waals surface area contributed by atoms with Gasteiger partial charge in [-0.2, -0.15) is 0 Å². The molecular weight excluding hydrogens is 308 g/mol. The summed E-state index contributed by atoms with van der Waals surface area (Å²) in [6, 6.07) is 3.12. The normalized spacial score (nSPS) is 15.4. The third-order valence-corrected chi connectivity index (χ3v) is 8.83. The first-order chi connectivity index (χ1) is 10.6. The van der Waals surface area contributed by atoms with Crippen molar-refractivity contribution in [2.45, 2.75) is 84.7 Å². The van der Waals surface area contributed by atoms with Gasteiger partial charge >= 0.3 is 5.97 Å². The van der Waals surface area contributed by atoms with E-state index in [0.29, 0.717) is 6.42 Å². The zero-order valence-corrected chi connectivity index (χ0v) is 16.8. The number of aldehydes is 1. The van der Waals surface area contributed by atoms with Crippen LogP contribution in [0, 0.1) is 5.92 Å². The number of rotatable bonds is 10. The zero-order chi connectivity index (χ0) is 18.1. The first-order valence-corrected chi connectivity index (χ1v) is 11.2. The second-order valence-corrected chi connectivity index (χ2v) is 11.8. The molecular formula is C18H34O4Si. The summed E-state index contributed by atoms with van der Waals surface area (Å²) in [5, 5.41) is 0. The van der Waals surface area contributed by atoms with E-state index in [2.05, 4.69) is 20.8 Å². The largest absolute Gasteiger partial charge is 0.457 e. The third-order valence-electron chi connectivity index (χ3n) is 4.16. The number of carbonyl (C=O) groups is 2. The highest BCUT2D eigenvalue weighted by atomic mass is 28.4. The molecule has 0 aliphatic heterocycles. The molecule has 5 heteroatoms. The molecule has 0 aromatic heterocycles. The van der Waals surface area contributed by atoms with Crippen LogP contribution in [0.15, 0.2) is 12.2 Å². The molecule has 0 unspecified atom stereocenters. The summed E-state index contributed by atoms with van der Waals surface area (Å²) < 4.78 is 11.7. The lowest BCUT2D eigenvalue weighted by Gasteiger charge is -2.34. The smallest absolute Gasteiger partial charge is 0.330 e. The number of hydrogen-bond acceptors (Lipinski definition) is 4. The molecule has 0 aromatic carbocycles. The van der Waals surface area contributed by atoms with Gasteiger partial charge in [0.1, 0.15) is 11.9 Å². The molecule has 0 aliphatic rings. The van der Waals surface area contributed by atoms with Crippen molar-refractivity contribution in [2.75, 3.05) is 0 Å². The van der Waals surface area contributed by atoms with Crippen molar-refractivity contribution in [3.05, 3.63) is 12.2 Å². The van der Waals surface area contributed by atoms with Crippen LogP contribution >= 0.6 is 0 Å². The Morgan fingerprint density at radius 2 is 1.65 bits per heavy atom. The lowest BCUT2D eigenvalue weighted by atomic mass is 10.0. The van der Waals surface area contributed by atoms with Crippen LogP contribution in [0.3, 0.4) is 0 Å². The van der Waals surface area contributed by atoms with E-state index < -0.39 is 13.9 Å². The van der Waals surface area contributed by atoms with Crippen molar-refractivity contribution < 1.29 is 18.8 Å². The number of esters is 1.